The molecule has 1 aromatic carbocycles. The fourth-order valence-electron chi connectivity index (χ4n) is 4.50. The summed E-state index contributed by atoms with van der Waals surface area (Å²) in [7, 11) is 0. The zero-order chi connectivity index (χ0) is 22.8. The van der Waals surface area contributed by atoms with Crippen molar-refractivity contribution >= 4 is 22.8 Å². The molecule has 1 saturated heterocycles. The van der Waals surface area contributed by atoms with Crippen molar-refractivity contribution in [3.63, 3.8) is 0 Å². The van der Waals surface area contributed by atoms with E-state index < -0.39 is 12.1 Å². The second-order valence-corrected chi connectivity index (χ2v) is 8.80. The summed E-state index contributed by atoms with van der Waals surface area (Å²) >= 11 is 0. The number of hydrogen-bond acceptors (Lipinski definition) is 5. The van der Waals surface area contributed by atoms with E-state index in [1.54, 1.807) is 0 Å². The second kappa shape index (κ2) is 9.39. The number of hydrogen-bond donors (Lipinski definition) is 2. The summed E-state index contributed by atoms with van der Waals surface area (Å²) < 4.78 is 15.2. The van der Waals surface area contributed by atoms with Gasteiger partial charge in [-0.25, -0.2) is 8.91 Å². The maximum absolute atomic E-state index is 13.3. The summed E-state index contributed by atoms with van der Waals surface area (Å²) in [6, 6.07) is 12.7. The molecule has 8 heteroatoms. The van der Waals surface area contributed by atoms with E-state index in [0.717, 1.165) is 60.7 Å². The Hall–Kier alpha value is -3.13. The van der Waals surface area contributed by atoms with Gasteiger partial charge in [0.25, 0.3) is 0 Å². The molecule has 2 aliphatic rings. The number of fused-ring (bicyclic) bond motifs is 1. The Morgan fingerprint density at radius 1 is 1.09 bits per heavy atom. The van der Waals surface area contributed by atoms with E-state index in [1.165, 1.54) is 0 Å². The molecule has 2 atom stereocenters. The summed E-state index contributed by atoms with van der Waals surface area (Å²) in [6.45, 7) is 7.66. The summed E-state index contributed by atoms with van der Waals surface area (Å²) in [5, 5.41) is 11.2. The molecule has 1 saturated carbocycles. The summed E-state index contributed by atoms with van der Waals surface area (Å²) in [4.78, 5) is 16.5. The average Bonchev–Trinajstić information content (AvgIpc) is 3.42. The summed E-state index contributed by atoms with van der Waals surface area (Å²) in [5.74, 6) is -0.418. The number of carbonyl (C=O) groups excluding carboxylic acids is 1. The van der Waals surface area contributed by atoms with E-state index >= 15 is 0 Å². The van der Waals surface area contributed by atoms with Gasteiger partial charge in [-0.2, -0.15) is 5.10 Å². The Bertz CT molecular complexity index is 1110. The number of nitrogens with zero attached hydrogens (tertiary/aromatic N) is 4. The number of carbonyl (C=O) groups is 1. The highest BCUT2D eigenvalue weighted by atomic mass is 19.1. The monoisotopic (exact) mass is 450 g/mol. The van der Waals surface area contributed by atoms with Crippen LogP contribution >= 0.6 is 0 Å². The Morgan fingerprint density at radius 2 is 1.85 bits per heavy atom. The van der Waals surface area contributed by atoms with Gasteiger partial charge >= 0.3 is 0 Å². The van der Waals surface area contributed by atoms with Crippen LogP contribution < -0.4 is 15.5 Å². The van der Waals surface area contributed by atoms with Crippen LogP contribution in [0.3, 0.4) is 0 Å². The molecule has 0 spiro atoms. The molecule has 1 aliphatic heterocycles. The van der Waals surface area contributed by atoms with E-state index in [4.69, 9.17) is 0 Å². The summed E-state index contributed by atoms with van der Waals surface area (Å²) in [6.07, 6.45) is 3.33. The predicted octanol–water partition coefficient (Wildman–Crippen LogP) is 3.03. The van der Waals surface area contributed by atoms with Crippen LogP contribution in [0.25, 0.3) is 16.6 Å². The molecule has 3 heterocycles. The van der Waals surface area contributed by atoms with E-state index in [1.807, 2.05) is 21.7 Å². The molecular weight excluding hydrogens is 419 g/mol. The van der Waals surface area contributed by atoms with Gasteiger partial charge in [0.15, 0.2) is 0 Å². The standard InChI is InChI=1S/C25H31FN6O/c1-2-27-9-10-28-20-5-3-18(4-6-20)19-15-24-23(7-8-29-32(24)17-19)30-11-13-31(14-12-30)25(33)21-16-22(21)26/h3-8,15,17,21-22,27-28H,2,9-14,16H2,1H3/t21-,22+/m0/s1. The first-order valence-corrected chi connectivity index (χ1v) is 11.8. The molecule has 33 heavy (non-hydrogen) atoms. The number of amides is 1. The lowest BCUT2D eigenvalue weighted by Gasteiger charge is -2.36. The molecule has 0 bridgehead atoms. The summed E-state index contributed by atoms with van der Waals surface area (Å²) in [5.41, 5.74) is 5.53. The van der Waals surface area contributed by atoms with E-state index in [0.29, 0.717) is 19.5 Å². The van der Waals surface area contributed by atoms with Crippen molar-refractivity contribution in [1.82, 2.24) is 19.8 Å². The highest BCUT2D eigenvalue weighted by molar-refractivity contribution is 5.83. The molecule has 1 aliphatic carbocycles. The largest absolute Gasteiger partial charge is 0.384 e. The van der Waals surface area contributed by atoms with Gasteiger partial charge in [0.1, 0.15) is 6.17 Å². The van der Waals surface area contributed by atoms with Crippen molar-refractivity contribution in [3.8, 4) is 11.1 Å². The third kappa shape index (κ3) is 4.66. The van der Waals surface area contributed by atoms with Crippen molar-refractivity contribution < 1.29 is 9.18 Å². The number of halogens is 1. The first kappa shape index (κ1) is 21.7. The number of aromatic nitrogens is 2. The molecule has 174 valence electrons. The maximum atomic E-state index is 13.3. The molecule has 2 N–H and O–H groups in total. The van der Waals surface area contributed by atoms with Crippen LogP contribution in [-0.2, 0) is 4.79 Å². The minimum Gasteiger partial charge on any atom is -0.384 e. The van der Waals surface area contributed by atoms with Crippen molar-refractivity contribution in [2.24, 2.45) is 5.92 Å². The van der Waals surface area contributed by atoms with Gasteiger partial charge in [0.2, 0.25) is 5.91 Å². The quantitative estimate of drug-likeness (QED) is 0.517. The fraction of sp³-hybridized carbons (Fsp3) is 0.440. The van der Waals surface area contributed by atoms with Crippen LogP contribution in [0.1, 0.15) is 13.3 Å². The van der Waals surface area contributed by atoms with Gasteiger partial charge < -0.3 is 20.4 Å². The van der Waals surface area contributed by atoms with Gasteiger partial charge in [-0.05, 0) is 42.8 Å². The minimum absolute atomic E-state index is 0.0217. The van der Waals surface area contributed by atoms with Gasteiger partial charge in [-0.3, -0.25) is 4.79 Å². The van der Waals surface area contributed by atoms with Gasteiger partial charge in [0, 0.05) is 62.9 Å². The minimum atomic E-state index is -0.933. The lowest BCUT2D eigenvalue weighted by Crippen LogP contribution is -2.49. The number of nitrogens with one attached hydrogen (secondary N) is 2. The molecule has 0 radical (unpaired) electrons. The Morgan fingerprint density at radius 3 is 2.55 bits per heavy atom. The zero-order valence-corrected chi connectivity index (χ0v) is 19.0. The van der Waals surface area contributed by atoms with Crippen molar-refractivity contribution in [2.75, 3.05) is 56.0 Å². The topological polar surface area (TPSA) is 64.9 Å². The van der Waals surface area contributed by atoms with E-state index in [2.05, 4.69) is 64.1 Å². The normalized spacial score (nSPS) is 20.3. The predicted molar refractivity (Wildman–Crippen MR) is 129 cm³/mol. The van der Waals surface area contributed by atoms with Crippen molar-refractivity contribution in [2.45, 2.75) is 19.5 Å². The molecule has 0 unspecified atom stereocenters. The number of alkyl halides is 1. The molecule has 5 rings (SSSR count). The van der Waals surface area contributed by atoms with Crippen LogP contribution in [0.4, 0.5) is 15.8 Å². The van der Waals surface area contributed by atoms with Crippen LogP contribution in [0.5, 0.6) is 0 Å². The molecule has 7 nitrogen and oxygen atoms in total. The third-order valence-electron chi connectivity index (χ3n) is 6.55. The van der Waals surface area contributed by atoms with Crippen LogP contribution in [-0.4, -0.2) is 72.4 Å². The smallest absolute Gasteiger partial charge is 0.228 e. The van der Waals surface area contributed by atoms with Crippen LogP contribution in [0.2, 0.25) is 0 Å². The van der Waals surface area contributed by atoms with Gasteiger partial charge in [0.05, 0.1) is 17.1 Å². The number of rotatable bonds is 8. The molecule has 3 aromatic rings. The Kier molecular flexibility index (Phi) is 6.17. The van der Waals surface area contributed by atoms with Crippen LogP contribution in [0, 0.1) is 5.92 Å². The number of benzene rings is 1. The highest BCUT2D eigenvalue weighted by Crippen LogP contribution is 2.36. The number of likely N-dealkylation sites (N-methyl/N-ethyl adjacent to an activating group) is 1. The fourth-order valence-corrected chi connectivity index (χ4v) is 4.50. The van der Waals surface area contributed by atoms with E-state index in [9.17, 15) is 9.18 Å². The molecule has 2 fully saturated rings. The Labute approximate surface area is 193 Å². The van der Waals surface area contributed by atoms with Crippen LogP contribution in [0.15, 0.2) is 48.8 Å². The van der Waals surface area contributed by atoms with Crippen molar-refractivity contribution in [1.29, 1.82) is 0 Å². The highest BCUT2D eigenvalue weighted by Gasteiger charge is 2.46. The van der Waals surface area contributed by atoms with Crippen molar-refractivity contribution in [3.05, 3.63) is 48.8 Å². The number of piperazine rings is 1. The molecular formula is C25H31FN6O. The maximum Gasteiger partial charge on any atom is 0.228 e. The SMILES string of the molecule is CCNCCNc1ccc(-c2cc3c(N4CCN(C(=O)[C@H]5C[C@H]5F)CC4)ccnn3c2)cc1. The first-order chi connectivity index (χ1) is 16.1. The lowest BCUT2D eigenvalue weighted by molar-refractivity contribution is -0.133. The second-order valence-electron chi connectivity index (χ2n) is 8.80. The molecule has 1 amide bonds. The molecule has 2 aromatic heterocycles. The first-order valence-electron chi connectivity index (χ1n) is 11.8. The third-order valence-corrected chi connectivity index (χ3v) is 6.55. The number of anilines is 2. The van der Waals surface area contributed by atoms with E-state index in [-0.39, 0.29) is 5.91 Å². The lowest BCUT2D eigenvalue weighted by atomic mass is 10.1. The average molecular weight is 451 g/mol. The van der Waals surface area contributed by atoms with Gasteiger partial charge in [-0.1, -0.05) is 19.1 Å². The Balaban J connectivity index is 1.27. The zero-order valence-electron chi connectivity index (χ0n) is 19.0. The van der Waals surface area contributed by atoms with Gasteiger partial charge in [-0.15, -0.1) is 0 Å².